The highest BCUT2D eigenvalue weighted by Gasteiger charge is 2.06. The normalized spacial score (nSPS) is 8.09. The fourth-order valence-corrected chi connectivity index (χ4v) is 0.523. The van der Waals surface area contributed by atoms with Crippen LogP contribution in [0.1, 0.15) is 17.5 Å². The second-order valence-electron chi connectivity index (χ2n) is 1.68. The largest absolute Gasteiger partial charge is 0.388 e. The number of nitrogens with one attached hydrogen (secondary N) is 1. The van der Waals surface area contributed by atoms with E-state index >= 15 is 0 Å². The third-order valence-electron chi connectivity index (χ3n) is 0.937. The number of imidazole rings is 1. The molecule has 0 aliphatic rings. The van der Waals surface area contributed by atoms with E-state index in [9.17, 15) is 4.79 Å². The summed E-state index contributed by atoms with van der Waals surface area (Å²) in [6.45, 7) is 1.58. The van der Waals surface area contributed by atoms with Crippen LogP contribution in [0, 0.1) is 12.0 Å². The molecule has 0 spiro atoms. The molecule has 1 N–H and O–H groups in total. The van der Waals surface area contributed by atoms with Crippen molar-refractivity contribution in [3.8, 4) is 12.0 Å². The zero-order valence-corrected chi connectivity index (χ0v) is 5.92. The molecule has 0 saturated carbocycles. The fourth-order valence-electron chi connectivity index (χ4n) is 0.523. The van der Waals surface area contributed by atoms with Gasteiger partial charge in [0.1, 0.15) is 6.11 Å². The Kier molecular flexibility index (Phi) is 2.28. The molecule has 1 heterocycles. The molecule has 11 heavy (non-hydrogen) atoms. The Bertz CT molecular complexity index is 292. The third kappa shape index (κ3) is 1.83. The number of aromatic nitrogens is 2. The molecule has 0 atom stereocenters. The van der Waals surface area contributed by atoms with Crippen LogP contribution in [0.15, 0.2) is 12.4 Å². The molecule has 56 valence electrons. The second kappa shape index (κ2) is 3.42. The first-order chi connectivity index (χ1) is 5.34. The van der Waals surface area contributed by atoms with Crippen molar-refractivity contribution in [2.45, 2.75) is 6.92 Å². The Morgan fingerprint density at radius 1 is 1.82 bits per heavy atom. The van der Waals surface area contributed by atoms with Crippen LogP contribution in [0.2, 0.25) is 0 Å². The minimum Gasteiger partial charge on any atom is -0.366 e. The van der Waals surface area contributed by atoms with Crippen LogP contribution in [0.3, 0.4) is 0 Å². The Labute approximate surface area is 63.6 Å². The summed E-state index contributed by atoms with van der Waals surface area (Å²) in [5, 5.41) is 0. The maximum Gasteiger partial charge on any atom is 0.388 e. The van der Waals surface area contributed by atoms with Gasteiger partial charge in [0.15, 0.2) is 0 Å². The van der Waals surface area contributed by atoms with Crippen molar-refractivity contribution in [2.24, 2.45) is 0 Å². The predicted molar refractivity (Wildman–Crippen MR) is 37.5 cm³/mol. The van der Waals surface area contributed by atoms with E-state index in [0.29, 0.717) is 0 Å². The summed E-state index contributed by atoms with van der Waals surface area (Å²) in [5.74, 6) is 2.02. The summed E-state index contributed by atoms with van der Waals surface area (Å²) in [5.41, 5.74) is 0. The van der Waals surface area contributed by atoms with Gasteiger partial charge < -0.3 is 9.72 Å². The van der Waals surface area contributed by atoms with Gasteiger partial charge in [0.05, 0.1) is 0 Å². The average Bonchev–Trinajstić information content (AvgIpc) is 2.52. The third-order valence-corrected chi connectivity index (χ3v) is 0.937. The molecule has 0 fully saturated rings. The summed E-state index contributed by atoms with van der Waals surface area (Å²) in [4.78, 5) is 17.1. The minimum absolute atomic E-state index is 0.160. The van der Waals surface area contributed by atoms with Crippen molar-refractivity contribution in [2.75, 3.05) is 0 Å². The van der Waals surface area contributed by atoms with E-state index in [4.69, 9.17) is 0 Å². The van der Waals surface area contributed by atoms with Crippen LogP contribution in [0.5, 0.6) is 0 Å². The van der Waals surface area contributed by atoms with Gasteiger partial charge in [-0.3, -0.25) is 0 Å². The number of carbonyl (C=O) groups is 1. The van der Waals surface area contributed by atoms with Crippen molar-refractivity contribution in [1.29, 1.82) is 0 Å². The van der Waals surface area contributed by atoms with Gasteiger partial charge in [-0.1, -0.05) is 5.92 Å². The van der Waals surface area contributed by atoms with Gasteiger partial charge in [-0.05, 0) is 0 Å². The number of H-pyrrole nitrogens is 1. The quantitative estimate of drug-likeness (QED) is 0.469. The lowest BCUT2D eigenvalue weighted by Crippen LogP contribution is -2.02. The van der Waals surface area contributed by atoms with Crippen molar-refractivity contribution >= 4 is 5.97 Å². The maximum atomic E-state index is 10.8. The van der Waals surface area contributed by atoms with E-state index in [-0.39, 0.29) is 5.82 Å². The Morgan fingerprint density at radius 2 is 2.64 bits per heavy atom. The molecule has 4 heteroatoms. The van der Waals surface area contributed by atoms with E-state index in [1.807, 2.05) is 0 Å². The number of nitrogens with zero attached hydrogens (tertiary/aromatic N) is 1. The number of esters is 1. The zero-order valence-electron chi connectivity index (χ0n) is 5.92. The van der Waals surface area contributed by atoms with Crippen LogP contribution in [0.25, 0.3) is 0 Å². The molecular formula is C7H6N2O2. The molecule has 0 unspecified atom stereocenters. The summed E-state index contributed by atoms with van der Waals surface area (Å²) < 4.78 is 4.44. The highest BCUT2D eigenvalue weighted by molar-refractivity contribution is 5.85. The highest BCUT2D eigenvalue weighted by Crippen LogP contribution is 1.90. The van der Waals surface area contributed by atoms with Crippen LogP contribution in [0.4, 0.5) is 0 Å². The van der Waals surface area contributed by atoms with Crippen LogP contribution in [-0.4, -0.2) is 15.9 Å². The molecule has 1 rings (SSSR count). The van der Waals surface area contributed by atoms with Gasteiger partial charge in [0.25, 0.3) is 0 Å². The standard InChI is InChI=1S/C7H6N2O2/c1-2-5-11-7(10)6-8-3-4-9-6/h3-4H,1H3,(H,8,9). The van der Waals surface area contributed by atoms with E-state index in [0.717, 1.165) is 0 Å². The Hall–Kier alpha value is -1.76. The number of carbonyl (C=O) groups excluding carboxylic acids is 1. The predicted octanol–water partition coefficient (Wildman–Crippen LogP) is 0.547. The van der Waals surface area contributed by atoms with Crippen LogP contribution < -0.4 is 0 Å². The van der Waals surface area contributed by atoms with E-state index < -0.39 is 5.97 Å². The summed E-state index contributed by atoms with van der Waals surface area (Å²) >= 11 is 0. The first kappa shape index (κ1) is 7.35. The second-order valence-corrected chi connectivity index (χ2v) is 1.68. The number of aromatic amines is 1. The number of ether oxygens (including phenoxy) is 1. The zero-order chi connectivity index (χ0) is 8.10. The molecular weight excluding hydrogens is 144 g/mol. The molecule has 4 nitrogen and oxygen atoms in total. The fraction of sp³-hybridized carbons (Fsp3) is 0.143. The van der Waals surface area contributed by atoms with E-state index in [2.05, 4.69) is 26.7 Å². The van der Waals surface area contributed by atoms with Crippen molar-refractivity contribution in [3.05, 3.63) is 18.2 Å². The van der Waals surface area contributed by atoms with E-state index in [1.165, 1.54) is 12.4 Å². The van der Waals surface area contributed by atoms with Crippen molar-refractivity contribution in [3.63, 3.8) is 0 Å². The van der Waals surface area contributed by atoms with Gasteiger partial charge in [-0.15, -0.1) is 0 Å². The first-order valence-corrected chi connectivity index (χ1v) is 2.97. The monoisotopic (exact) mass is 150 g/mol. The molecule has 0 saturated heterocycles. The van der Waals surface area contributed by atoms with Gasteiger partial charge in [-0.2, -0.15) is 0 Å². The van der Waals surface area contributed by atoms with Crippen molar-refractivity contribution < 1.29 is 9.53 Å². The molecule has 0 aliphatic carbocycles. The number of hydrogen-bond acceptors (Lipinski definition) is 3. The lowest BCUT2D eigenvalue weighted by molar-refractivity contribution is 0.0678. The molecule has 0 aliphatic heterocycles. The maximum absolute atomic E-state index is 10.8. The molecule has 1 aromatic rings. The summed E-state index contributed by atoms with van der Waals surface area (Å²) in [6, 6.07) is 0. The lowest BCUT2D eigenvalue weighted by atomic mass is 10.6. The topological polar surface area (TPSA) is 55.0 Å². The molecule has 1 aromatic heterocycles. The smallest absolute Gasteiger partial charge is 0.366 e. The van der Waals surface area contributed by atoms with E-state index in [1.54, 1.807) is 6.92 Å². The molecule has 0 amide bonds. The van der Waals surface area contributed by atoms with Crippen LogP contribution >= 0.6 is 0 Å². The Morgan fingerprint density at radius 3 is 3.18 bits per heavy atom. The Balaban J connectivity index is 2.61. The lowest BCUT2D eigenvalue weighted by Gasteiger charge is -1.88. The van der Waals surface area contributed by atoms with Gasteiger partial charge in [-0.25, -0.2) is 9.78 Å². The van der Waals surface area contributed by atoms with Gasteiger partial charge in [0.2, 0.25) is 5.82 Å². The summed E-state index contributed by atoms with van der Waals surface area (Å²) in [7, 11) is 0. The average molecular weight is 150 g/mol. The number of rotatable bonds is 1. The first-order valence-electron chi connectivity index (χ1n) is 2.97. The molecule has 0 radical (unpaired) electrons. The molecule has 0 bridgehead atoms. The van der Waals surface area contributed by atoms with Crippen LogP contribution in [-0.2, 0) is 4.74 Å². The van der Waals surface area contributed by atoms with Gasteiger partial charge in [0, 0.05) is 19.3 Å². The van der Waals surface area contributed by atoms with Gasteiger partial charge >= 0.3 is 5.97 Å². The molecule has 0 aromatic carbocycles. The SMILES string of the molecule is CC#COC(=O)c1ncc[nH]1. The summed E-state index contributed by atoms with van der Waals surface area (Å²) in [6.07, 6.45) is 5.18. The minimum atomic E-state index is -0.565. The van der Waals surface area contributed by atoms with Crippen molar-refractivity contribution in [1.82, 2.24) is 9.97 Å². The number of hydrogen-bond donors (Lipinski definition) is 1. The highest BCUT2D eigenvalue weighted by atomic mass is 16.5.